The largest absolute Gasteiger partial charge is 0.394 e. The van der Waals surface area contributed by atoms with Gasteiger partial charge in [-0.05, 0) is 12.1 Å². The fraction of sp³-hybridized carbons (Fsp3) is 0.333. The van der Waals surface area contributed by atoms with Crippen LogP contribution < -0.4 is 5.73 Å². The van der Waals surface area contributed by atoms with Crippen molar-refractivity contribution in [2.75, 3.05) is 6.61 Å². The molecule has 0 unspecified atom stereocenters. The second kappa shape index (κ2) is 4.43. The number of aliphatic hydroxyl groups is 1. The summed E-state index contributed by atoms with van der Waals surface area (Å²) in [6.07, 6.45) is -2.67. The number of rotatable bonds is 3. The average molecular weight is 205 g/mol. The van der Waals surface area contributed by atoms with Crippen LogP contribution in [0.3, 0.4) is 0 Å². The molecule has 0 aliphatic carbocycles. The van der Waals surface area contributed by atoms with Gasteiger partial charge in [-0.15, -0.1) is 0 Å². The maximum Gasteiger partial charge on any atom is 0.263 e. The van der Waals surface area contributed by atoms with E-state index in [0.29, 0.717) is 0 Å². The minimum atomic E-state index is -2.67. The minimum absolute atomic E-state index is 0.0923. The zero-order valence-corrected chi connectivity index (χ0v) is 7.25. The maximum atomic E-state index is 13.0. The van der Waals surface area contributed by atoms with E-state index in [-0.39, 0.29) is 11.1 Å². The predicted octanol–water partition coefficient (Wildman–Crippen LogP) is 1.76. The molecule has 3 N–H and O–H groups in total. The van der Waals surface area contributed by atoms with Gasteiger partial charge >= 0.3 is 0 Å². The molecule has 5 heteroatoms. The van der Waals surface area contributed by atoms with Gasteiger partial charge in [0.05, 0.1) is 12.6 Å². The molecule has 2 nitrogen and oxygen atoms in total. The lowest BCUT2D eigenvalue weighted by Gasteiger charge is -2.11. The van der Waals surface area contributed by atoms with E-state index < -0.39 is 24.9 Å². The molecular weight excluding hydrogens is 195 g/mol. The molecule has 0 aliphatic heterocycles. The number of hydrogen-bond donors (Lipinski definition) is 2. The Morgan fingerprint density at radius 2 is 2.00 bits per heavy atom. The number of benzene rings is 1. The first-order valence-corrected chi connectivity index (χ1v) is 4.00. The summed E-state index contributed by atoms with van der Waals surface area (Å²) in [7, 11) is 0. The van der Waals surface area contributed by atoms with Crippen LogP contribution in [0.1, 0.15) is 23.6 Å². The molecule has 0 spiro atoms. The van der Waals surface area contributed by atoms with Crippen molar-refractivity contribution in [1.82, 2.24) is 0 Å². The molecule has 1 aromatic rings. The molecule has 78 valence electrons. The third-order valence-corrected chi connectivity index (χ3v) is 1.87. The predicted molar refractivity (Wildman–Crippen MR) is 45.4 cm³/mol. The van der Waals surface area contributed by atoms with Gasteiger partial charge in [-0.3, -0.25) is 0 Å². The normalized spacial score (nSPS) is 13.3. The lowest BCUT2D eigenvalue weighted by Crippen LogP contribution is -2.16. The Balaban J connectivity index is 3.08. The Morgan fingerprint density at radius 3 is 2.50 bits per heavy atom. The molecule has 0 aliphatic rings. The van der Waals surface area contributed by atoms with Gasteiger partial charge in [0.15, 0.2) is 0 Å². The lowest BCUT2D eigenvalue weighted by atomic mass is 10.0. The Morgan fingerprint density at radius 1 is 1.36 bits per heavy atom. The molecule has 0 bridgehead atoms. The van der Waals surface area contributed by atoms with Crippen LogP contribution in [0.15, 0.2) is 18.2 Å². The van der Waals surface area contributed by atoms with Crippen molar-refractivity contribution in [2.24, 2.45) is 5.73 Å². The monoisotopic (exact) mass is 205 g/mol. The van der Waals surface area contributed by atoms with E-state index in [9.17, 15) is 13.2 Å². The number of alkyl halides is 2. The van der Waals surface area contributed by atoms with Crippen LogP contribution in [-0.4, -0.2) is 11.7 Å². The van der Waals surface area contributed by atoms with Crippen molar-refractivity contribution in [2.45, 2.75) is 12.5 Å². The smallest absolute Gasteiger partial charge is 0.263 e. The summed E-state index contributed by atoms with van der Waals surface area (Å²) < 4.78 is 37.5. The van der Waals surface area contributed by atoms with E-state index in [0.717, 1.165) is 18.2 Å². The van der Waals surface area contributed by atoms with Crippen molar-refractivity contribution in [3.05, 3.63) is 35.1 Å². The lowest BCUT2D eigenvalue weighted by molar-refractivity contribution is 0.151. The van der Waals surface area contributed by atoms with Gasteiger partial charge in [-0.25, -0.2) is 13.2 Å². The van der Waals surface area contributed by atoms with Gasteiger partial charge in [-0.2, -0.15) is 0 Å². The van der Waals surface area contributed by atoms with Crippen LogP contribution in [0.25, 0.3) is 0 Å². The van der Waals surface area contributed by atoms with Crippen molar-refractivity contribution < 1.29 is 18.3 Å². The quantitative estimate of drug-likeness (QED) is 0.789. The molecule has 0 radical (unpaired) electrons. The fourth-order valence-corrected chi connectivity index (χ4v) is 1.08. The summed E-state index contributed by atoms with van der Waals surface area (Å²) in [6.45, 7) is -0.483. The van der Waals surface area contributed by atoms with E-state index >= 15 is 0 Å². The van der Waals surface area contributed by atoms with Crippen LogP contribution in [0.4, 0.5) is 13.2 Å². The molecule has 1 rings (SSSR count). The highest BCUT2D eigenvalue weighted by Crippen LogP contribution is 2.23. The van der Waals surface area contributed by atoms with E-state index in [4.69, 9.17) is 10.8 Å². The van der Waals surface area contributed by atoms with Gasteiger partial charge < -0.3 is 10.8 Å². The Labute approximate surface area is 79.2 Å². The summed E-state index contributed by atoms with van der Waals surface area (Å²) in [6, 6.07) is 1.93. The summed E-state index contributed by atoms with van der Waals surface area (Å²) in [5.41, 5.74) is 4.94. The first-order valence-electron chi connectivity index (χ1n) is 4.00. The standard InChI is InChI=1S/C9H10F3NO/c10-7-2-1-5(9(11)12)3-6(7)8(13)4-14/h1-3,8-9,14H,4,13H2/t8-/m0/s1. The van der Waals surface area contributed by atoms with Gasteiger partial charge in [0.25, 0.3) is 6.43 Å². The molecule has 1 aromatic carbocycles. The maximum absolute atomic E-state index is 13.0. The Bertz CT molecular complexity index is 317. The van der Waals surface area contributed by atoms with Gasteiger partial charge in [-0.1, -0.05) is 6.07 Å². The first kappa shape index (κ1) is 11.0. The molecule has 0 aromatic heterocycles. The van der Waals surface area contributed by atoms with Crippen molar-refractivity contribution >= 4 is 0 Å². The van der Waals surface area contributed by atoms with Crippen LogP contribution in [0, 0.1) is 5.82 Å². The van der Waals surface area contributed by atoms with Crippen molar-refractivity contribution in [3.63, 3.8) is 0 Å². The molecular formula is C9H10F3NO. The summed E-state index contributed by atoms with van der Waals surface area (Å²) >= 11 is 0. The van der Waals surface area contributed by atoms with E-state index in [1.807, 2.05) is 0 Å². The Hall–Kier alpha value is -1.07. The van der Waals surface area contributed by atoms with Gasteiger partial charge in [0.2, 0.25) is 0 Å². The number of halogens is 3. The highest BCUT2D eigenvalue weighted by Gasteiger charge is 2.14. The third-order valence-electron chi connectivity index (χ3n) is 1.87. The van der Waals surface area contributed by atoms with E-state index in [2.05, 4.69) is 0 Å². The van der Waals surface area contributed by atoms with Crippen LogP contribution >= 0.6 is 0 Å². The summed E-state index contributed by atoms with van der Waals surface area (Å²) in [5, 5.41) is 8.66. The van der Waals surface area contributed by atoms with Crippen LogP contribution in [0.2, 0.25) is 0 Å². The van der Waals surface area contributed by atoms with E-state index in [1.165, 1.54) is 0 Å². The number of nitrogens with two attached hydrogens (primary N) is 1. The average Bonchev–Trinajstić information content (AvgIpc) is 2.17. The zero-order chi connectivity index (χ0) is 10.7. The molecule has 0 amide bonds. The third kappa shape index (κ3) is 2.24. The SMILES string of the molecule is N[C@@H](CO)c1cc(C(F)F)ccc1F. The van der Waals surface area contributed by atoms with Crippen LogP contribution in [0.5, 0.6) is 0 Å². The Kier molecular flexibility index (Phi) is 3.49. The van der Waals surface area contributed by atoms with Gasteiger partial charge in [0, 0.05) is 11.1 Å². The van der Waals surface area contributed by atoms with Crippen LogP contribution in [-0.2, 0) is 0 Å². The number of aliphatic hydroxyl groups excluding tert-OH is 1. The fourth-order valence-electron chi connectivity index (χ4n) is 1.08. The molecule has 1 atom stereocenters. The zero-order valence-electron chi connectivity index (χ0n) is 7.25. The number of hydrogen-bond acceptors (Lipinski definition) is 2. The molecule has 0 heterocycles. The highest BCUT2D eigenvalue weighted by molar-refractivity contribution is 5.28. The molecule has 0 saturated carbocycles. The second-order valence-corrected chi connectivity index (χ2v) is 2.87. The molecule has 0 saturated heterocycles. The highest BCUT2D eigenvalue weighted by atomic mass is 19.3. The van der Waals surface area contributed by atoms with Crippen molar-refractivity contribution in [3.8, 4) is 0 Å². The van der Waals surface area contributed by atoms with Gasteiger partial charge in [0.1, 0.15) is 5.82 Å². The van der Waals surface area contributed by atoms with E-state index in [1.54, 1.807) is 0 Å². The molecule has 14 heavy (non-hydrogen) atoms. The summed E-state index contributed by atoms with van der Waals surface area (Å²) in [4.78, 5) is 0. The topological polar surface area (TPSA) is 46.2 Å². The van der Waals surface area contributed by atoms with Crippen molar-refractivity contribution in [1.29, 1.82) is 0 Å². The first-order chi connectivity index (χ1) is 6.56. The molecule has 0 fully saturated rings. The minimum Gasteiger partial charge on any atom is -0.394 e. The summed E-state index contributed by atoms with van der Waals surface area (Å²) in [5.74, 6) is -0.684. The second-order valence-electron chi connectivity index (χ2n) is 2.87.